The number of carbonyl (C=O) groups is 7. The molecule has 1 fully saturated rings. The Bertz CT molecular complexity index is 1170. The molecule has 210 valence electrons. The molecule has 0 saturated carbocycles. The molecule has 2 heterocycles. The van der Waals surface area contributed by atoms with Gasteiger partial charge in [-0.2, -0.15) is 0 Å². The number of nitrogens with zero attached hydrogens (tertiary/aromatic N) is 1. The molecule has 0 bridgehead atoms. The lowest BCUT2D eigenvalue weighted by molar-refractivity contribution is -0.136. The van der Waals surface area contributed by atoms with E-state index in [0.717, 1.165) is 4.90 Å². The minimum Gasteiger partial charge on any atom is -0.483 e. The average molecular weight is 544 g/mol. The molecule has 1 aromatic rings. The highest BCUT2D eigenvalue weighted by molar-refractivity contribution is 6.24. The molecule has 1 unspecified atom stereocenters. The van der Waals surface area contributed by atoms with Crippen LogP contribution in [-0.4, -0.2) is 78.0 Å². The van der Waals surface area contributed by atoms with Gasteiger partial charge in [0.15, 0.2) is 6.61 Å². The second kappa shape index (κ2) is 13.5. The SMILES string of the molecule is CC(C)NC(=O)CCC(=O)NCCCCNC(=O)COc1cccc2c1C(=O)N(C1CCC(=O)NC1=O)C2=O. The predicted molar refractivity (Wildman–Crippen MR) is 136 cm³/mol. The molecule has 1 saturated heterocycles. The van der Waals surface area contributed by atoms with Gasteiger partial charge in [-0.15, -0.1) is 0 Å². The second-order valence-electron chi connectivity index (χ2n) is 9.54. The average Bonchev–Trinajstić information content (AvgIpc) is 3.13. The lowest BCUT2D eigenvalue weighted by Crippen LogP contribution is -2.54. The van der Waals surface area contributed by atoms with E-state index in [-0.39, 0.29) is 60.4 Å². The van der Waals surface area contributed by atoms with Crippen molar-refractivity contribution in [2.24, 2.45) is 0 Å². The van der Waals surface area contributed by atoms with Crippen molar-refractivity contribution in [1.29, 1.82) is 0 Å². The van der Waals surface area contributed by atoms with Crippen LogP contribution in [0.5, 0.6) is 5.75 Å². The molecule has 39 heavy (non-hydrogen) atoms. The number of fused-ring (bicyclic) bond motifs is 1. The molecule has 1 atom stereocenters. The highest BCUT2D eigenvalue weighted by atomic mass is 16.5. The molecule has 13 heteroatoms. The quantitative estimate of drug-likeness (QED) is 0.195. The fraction of sp³-hybridized carbons (Fsp3) is 0.500. The van der Waals surface area contributed by atoms with E-state index in [1.165, 1.54) is 18.2 Å². The molecule has 0 aliphatic carbocycles. The van der Waals surface area contributed by atoms with Gasteiger partial charge in [0, 0.05) is 38.4 Å². The van der Waals surface area contributed by atoms with E-state index in [1.807, 2.05) is 13.8 Å². The van der Waals surface area contributed by atoms with Crippen LogP contribution in [-0.2, 0) is 24.0 Å². The zero-order valence-corrected chi connectivity index (χ0v) is 22.0. The molecule has 3 rings (SSSR count). The molecule has 7 amide bonds. The zero-order chi connectivity index (χ0) is 28.5. The van der Waals surface area contributed by atoms with E-state index in [9.17, 15) is 33.6 Å². The molecule has 4 N–H and O–H groups in total. The lowest BCUT2D eigenvalue weighted by Gasteiger charge is -2.27. The van der Waals surface area contributed by atoms with Gasteiger partial charge in [-0.25, -0.2) is 0 Å². The maximum atomic E-state index is 13.0. The summed E-state index contributed by atoms with van der Waals surface area (Å²) in [6.07, 6.45) is 1.48. The first-order valence-electron chi connectivity index (χ1n) is 12.9. The largest absolute Gasteiger partial charge is 0.483 e. The Morgan fingerprint density at radius 2 is 1.64 bits per heavy atom. The fourth-order valence-electron chi connectivity index (χ4n) is 4.21. The third kappa shape index (κ3) is 7.85. The van der Waals surface area contributed by atoms with Crippen molar-refractivity contribution in [2.45, 2.75) is 64.5 Å². The topological polar surface area (TPSA) is 180 Å². The number of unbranched alkanes of at least 4 members (excludes halogenated alkanes) is 1. The number of ether oxygens (including phenoxy) is 1. The van der Waals surface area contributed by atoms with E-state index < -0.39 is 42.2 Å². The molecule has 0 spiro atoms. The minimum atomic E-state index is -1.10. The molecule has 2 aliphatic rings. The number of hydrogen-bond donors (Lipinski definition) is 4. The van der Waals surface area contributed by atoms with Crippen LogP contribution in [0.25, 0.3) is 0 Å². The summed E-state index contributed by atoms with van der Waals surface area (Å²) in [6.45, 7) is 4.04. The standard InChI is InChI=1S/C26H33N5O8/c1-15(2)29-20(33)11-10-19(32)27-12-3-4-13-28-22(35)14-39-18-7-5-6-16-23(18)26(38)31(25(16)37)17-8-9-21(34)30-24(17)36/h5-7,15,17H,3-4,8-14H2,1-2H3,(H,27,32)(H,28,35)(H,29,33)(H,30,34,36). The van der Waals surface area contributed by atoms with Crippen molar-refractivity contribution in [1.82, 2.24) is 26.2 Å². The Balaban J connectivity index is 1.39. The molecule has 2 aliphatic heterocycles. The van der Waals surface area contributed by atoms with Crippen LogP contribution in [0, 0.1) is 0 Å². The van der Waals surface area contributed by atoms with Gasteiger partial charge in [-0.3, -0.25) is 43.8 Å². The summed E-state index contributed by atoms with van der Waals surface area (Å²) in [4.78, 5) is 86.0. The van der Waals surface area contributed by atoms with Gasteiger partial charge in [0.05, 0.1) is 11.1 Å². The molecule has 0 aromatic heterocycles. The number of imide groups is 2. The van der Waals surface area contributed by atoms with Gasteiger partial charge in [0.1, 0.15) is 11.8 Å². The predicted octanol–water partition coefficient (Wildman–Crippen LogP) is -0.216. The van der Waals surface area contributed by atoms with E-state index >= 15 is 0 Å². The molecule has 1 aromatic carbocycles. The van der Waals surface area contributed by atoms with Crippen LogP contribution in [0.2, 0.25) is 0 Å². The Kier molecular flexibility index (Phi) is 10.1. The van der Waals surface area contributed by atoms with Crippen molar-refractivity contribution >= 4 is 41.4 Å². The number of rotatable bonds is 13. The Labute approximate surface area is 225 Å². The van der Waals surface area contributed by atoms with E-state index in [2.05, 4.69) is 21.3 Å². The van der Waals surface area contributed by atoms with Crippen LogP contribution in [0.1, 0.15) is 73.1 Å². The number of benzene rings is 1. The first-order valence-corrected chi connectivity index (χ1v) is 12.9. The van der Waals surface area contributed by atoms with Gasteiger partial charge in [0.2, 0.25) is 23.6 Å². The van der Waals surface area contributed by atoms with Gasteiger partial charge in [-0.1, -0.05) is 6.07 Å². The van der Waals surface area contributed by atoms with E-state index in [0.29, 0.717) is 25.9 Å². The summed E-state index contributed by atoms with van der Waals surface area (Å²) in [5.41, 5.74) is 0.0302. The Hall–Kier alpha value is -4.29. The van der Waals surface area contributed by atoms with Gasteiger partial charge in [-0.05, 0) is 45.2 Å². The van der Waals surface area contributed by atoms with Crippen molar-refractivity contribution < 1.29 is 38.3 Å². The van der Waals surface area contributed by atoms with Crippen LogP contribution in [0.15, 0.2) is 18.2 Å². The fourth-order valence-corrected chi connectivity index (χ4v) is 4.21. The van der Waals surface area contributed by atoms with Gasteiger partial charge < -0.3 is 20.7 Å². The van der Waals surface area contributed by atoms with Gasteiger partial charge >= 0.3 is 0 Å². The first kappa shape index (κ1) is 29.3. The molecule has 13 nitrogen and oxygen atoms in total. The molecular formula is C26H33N5O8. The van der Waals surface area contributed by atoms with Gasteiger partial charge in [0.25, 0.3) is 17.7 Å². The first-order chi connectivity index (χ1) is 18.6. The Morgan fingerprint density at radius 1 is 0.974 bits per heavy atom. The minimum absolute atomic E-state index is 0.0108. The van der Waals surface area contributed by atoms with Crippen molar-refractivity contribution in [2.75, 3.05) is 19.7 Å². The summed E-state index contributed by atoms with van der Waals surface area (Å²) in [5, 5.41) is 10.3. The van der Waals surface area contributed by atoms with E-state index in [4.69, 9.17) is 4.74 Å². The maximum Gasteiger partial charge on any atom is 0.266 e. The number of carbonyl (C=O) groups excluding carboxylic acids is 7. The smallest absolute Gasteiger partial charge is 0.266 e. The van der Waals surface area contributed by atoms with Crippen LogP contribution >= 0.6 is 0 Å². The summed E-state index contributed by atoms with van der Waals surface area (Å²) < 4.78 is 5.53. The number of amides is 7. The van der Waals surface area contributed by atoms with Crippen molar-refractivity contribution in [3.8, 4) is 5.75 Å². The molecular weight excluding hydrogens is 510 g/mol. The summed E-state index contributed by atoms with van der Waals surface area (Å²) in [6, 6.07) is 3.33. The maximum absolute atomic E-state index is 13.0. The summed E-state index contributed by atoms with van der Waals surface area (Å²) in [5.74, 6) is -3.34. The second-order valence-corrected chi connectivity index (χ2v) is 9.54. The molecule has 0 radical (unpaired) electrons. The highest BCUT2D eigenvalue weighted by Crippen LogP contribution is 2.33. The van der Waals surface area contributed by atoms with Crippen molar-refractivity contribution in [3.05, 3.63) is 29.3 Å². The summed E-state index contributed by atoms with van der Waals surface area (Å²) >= 11 is 0. The van der Waals surface area contributed by atoms with Crippen molar-refractivity contribution in [3.63, 3.8) is 0 Å². The Morgan fingerprint density at radius 3 is 2.31 bits per heavy atom. The number of nitrogens with one attached hydrogen (secondary N) is 4. The monoisotopic (exact) mass is 543 g/mol. The lowest BCUT2D eigenvalue weighted by atomic mass is 10.0. The van der Waals surface area contributed by atoms with Crippen LogP contribution in [0.4, 0.5) is 0 Å². The summed E-state index contributed by atoms with van der Waals surface area (Å²) in [7, 11) is 0. The van der Waals surface area contributed by atoms with Crippen LogP contribution < -0.4 is 26.0 Å². The normalized spacial score (nSPS) is 16.6. The highest BCUT2D eigenvalue weighted by Gasteiger charge is 2.46. The number of hydrogen-bond acceptors (Lipinski definition) is 8. The van der Waals surface area contributed by atoms with Crippen LogP contribution in [0.3, 0.4) is 0 Å². The zero-order valence-electron chi connectivity index (χ0n) is 22.0. The number of piperidine rings is 1. The third-order valence-corrected chi connectivity index (χ3v) is 6.07. The third-order valence-electron chi connectivity index (χ3n) is 6.07. The van der Waals surface area contributed by atoms with E-state index in [1.54, 1.807) is 0 Å².